The van der Waals surface area contributed by atoms with Gasteiger partial charge in [-0.05, 0) is 43.7 Å². The molecule has 2 aromatic rings. The number of hydrogen-bond acceptors (Lipinski definition) is 2. The summed E-state index contributed by atoms with van der Waals surface area (Å²) in [5, 5.41) is 0.506. The van der Waals surface area contributed by atoms with Crippen LogP contribution in [0.3, 0.4) is 0 Å². The van der Waals surface area contributed by atoms with E-state index in [-0.39, 0.29) is 4.90 Å². The molecule has 20 heavy (non-hydrogen) atoms. The molecule has 0 bridgehead atoms. The van der Waals surface area contributed by atoms with Gasteiger partial charge in [0.1, 0.15) is 0 Å². The van der Waals surface area contributed by atoms with Crippen molar-refractivity contribution in [2.75, 3.05) is 0 Å². The Morgan fingerprint density at radius 3 is 2.05 bits per heavy atom. The largest absolute Gasteiger partial charge is 0.241 e. The quantitative estimate of drug-likeness (QED) is 0.938. The van der Waals surface area contributed by atoms with Crippen molar-refractivity contribution >= 4 is 21.6 Å². The Labute approximate surface area is 124 Å². The van der Waals surface area contributed by atoms with Crippen LogP contribution >= 0.6 is 11.6 Å². The maximum absolute atomic E-state index is 12.4. The molecule has 0 radical (unpaired) electrons. The molecule has 2 rings (SSSR count). The maximum atomic E-state index is 12.4. The minimum atomic E-state index is -3.59. The molecule has 3 nitrogen and oxygen atoms in total. The van der Waals surface area contributed by atoms with Crippen LogP contribution in [-0.4, -0.2) is 8.42 Å². The molecule has 0 fully saturated rings. The molecule has 5 heteroatoms. The van der Waals surface area contributed by atoms with Crippen molar-refractivity contribution in [1.29, 1.82) is 0 Å². The van der Waals surface area contributed by atoms with Crippen LogP contribution in [0.1, 0.15) is 19.4 Å². The van der Waals surface area contributed by atoms with Crippen molar-refractivity contribution in [3.63, 3.8) is 0 Å². The lowest BCUT2D eigenvalue weighted by molar-refractivity contribution is 0.472. The van der Waals surface area contributed by atoms with Crippen LogP contribution in [0.4, 0.5) is 0 Å². The fourth-order valence-electron chi connectivity index (χ4n) is 1.92. The molecule has 0 saturated carbocycles. The molecule has 0 aliphatic carbocycles. The number of sulfonamides is 1. The molecule has 0 unspecified atom stereocenters. The van der Waals surface area contributed by atoms with Gasteiger partial charge in [-0.1, -0.05) is 41.9 Å². The highest BCUT2D eigenvalue weighted by molar-refractivity contribution is 7.89. The summed E-state index contributed by atoms with van der Waals surface area (Å²) in [4.78, 5) is 0.200. The van der Waals surface area contributed by atoms with Crippen LogP contribution in [0, 0.1) is 0 Å². The Hall–Kier alpha value is -1.36. The highest BCUT2D eigenvalue weighted by Gasteiger charge is 2.27. The van der Waals surface area contributed by atoms with Gasteiger partial charge < -0.3 is 0 Å². The second-order valence-corrected chi connectivity index (χ2v) is 7.17. The van der Waals surface area contributed by atoms with Crippen molar-refractivity contribution in [2.24, 2.45) is 0 Å². The zero-order valence-corrected chi connectivity index (χ0v) is 12.9. The summed E-state index contributed by atoms with van der Waals surface area (Å²) in [6.07, 6.45) is 0. The highest BCUT2D eigenvalue weighted by atomic mass is 35.5. The molecule has 0 aliphatic heterocycles. The lowest BCUT2D eigenvalue weighted by Crippen LogP contribution is -2.40. The fourth-order valence-corrected chi connectivity index (χ4v) is 3.45. The van der Waals surface area contributed by atoms with E-state index in [1.54, 1.807) is 12.1 Å². The van der Waals surface area contributed by atoms with Gasteiger partial charge in [-0.15, -0.1) is 0 Å². The third-order valence-electron chi connectivity index (χ3n) is 3.01. The van der Waals surface area contributed by atoms with Crippen molar-refractivity contribution in [1.82, 2.24) is 4.72 Å². The van der Waals surface area contributed by atoms with Gasteiger partial charge in [0.25, 0.3) is 0 Å². The molecule has 1 N–H and O–H groups in total. The molecule has 0 heterocycles. The maximum Gasteiger partial charge on any atom is 0.241 e. The molecule has 2 aromatic carbocycles. The normalized spacial score (nSPS) is 12.3. The van der Waals surface area contributed by atoms with Gasteiger partial charge in [0, 0.05) is 5.02 Å². The lowest BCUT2D eigenvalue weighted by atomic mass is 9.96. The topological polar surface area (TPSA) is 46.2 Å². The van der Waals surface area contributed by atoms with Gasteiger partial charge in [-0.25, -0.2) is 13.1 Å². The lowest BCUT2D eigenvalue weighted by Gasteiger charge is -2.26. The molecular formula is C15H16ClNO2S. The minimum absolute atomic E-state index is 0.200. The zero-order chi connectivity index (χ0) is 14.8. The summed E-state index contributed by atoms with van der Waals surface area (Å²) in [5.41, 5.74) is 0.206. The van der Waals surface area contributed by atoms with Gasteiger partial charge in [0.2, 0.25) is 10.0 Å². The fraction of sp³-hybridized carbons (Fsp3) is 0.200. The summed E-state index contributed by atoms with van der Waals surface area (Å²) in [6, 6.07) is 15.6. The second-order valence-electron chi connectivity index (χ2n) is 5.05. The van der Waals surface area contributed by atoms with E-state index in [0.717, 1.165) is 5.56 Å². The smallest absolute Gasteiger partial charge is 0.207 e. The summed E-state index contributed by atoms with van der Waals surface area (Å²) in [7, 11) is -3.59. The average Bonchev–Trinajstić information content (AvgIpc) is 2.39. The third kappa shape index (κ3) is 3.39. The SMILES string of the molecule is CC(C)(NS(=O)(=O)c1ccc(Cl)cc1)c1ccccc1. The molecule has 106 valence electrons. The Morgan fingerprint density at radius 2 is 1.50 bits per heavy atom. The molecule has 0 spiro atoms. The first-order valence-corrected chi connectivity index (χ1v) is 8.02. The van der Waals surface area contributed by atoms with E-state index in [9.17, 15) is 8.42 Å². The number of rotatable bonds is 4. The van der Waals surface area contributed by atoms with E-state index < -0.39 is 15.6 Å². The van der Waals surface area contributed by atoms with Crippen molar-refractivity contribution in [3.05, 3.63) is 65.2 Å². The van der Waals surface area contributed by atoms with Gasteiger partial charge in [-0.2, -0.15) is 0 Å². The molecule has 0 aliphatic rings. The van der Waals surface area contributed by atoms with Gasteiger partial charge in [0.05, 0.1) is 10.4 Å². The summed E-state index contributed by atoms with van der Waals surface area (Å²) in [6.45, 7) is 3.66. The van der Waals surface area contributed by atoms with Crippen LogP contribution in [0.25, 0.3) is 0 Å². The molecule has 0 amide bonds. The second kappa shape index (κ2) is 5.56. The van der Waals surface area contributed by atoms with Gasteiger partial charge >= 0.3 is 0 Å². The predicted molar refractivity (Wildman–Crippen MR) is 81.2 cm³/mol. The van der Waals surface area contributed by atoms with E-state index in [1.807, 2.05) is 44.2 Å². The predicted octanol–water partition coefficient (Wildman–Crippen LogP) is 3.55. The summed E-state index contributed by atoms with van der Waals surface area (Å²) in [5.74, 6) is 0. The van der Waals surface area contributed by atoms with Crippen molar-refractivity contribution in [3.8, 4) is 0 Å². The first-order chi connectivity index (χ1) is 9.31. The Bertz CT molecular complexity index is 680. The van der Waals surface area contributed by atoms with Crippen LogP contribution in [-0.2, 0) is 15.6 Å². The number of nitrogens with one attached hydrogen (secondary N) is 1. The summed E-state index contributed by atoms with van der Waals surface area (Å²) >= 11 is 5.78. The van der Waals surface area contributed by atoms with Crippen LogP contribution in [0.5, 0.6) is 0 Å². The van der Waals surface area contributed by atoms with Crippen LogP contribution in [0.15, 0.2) is 59.5 Å². The number of hydrogen-bond donors (Lipinski definition) is 1. The first-order valence-electron chi connectivity index (χ1n) is 6.16. The number of halogens is 1. The molecule has 0 atom stereocenters. The van der Waals surface area contributed by atoms with E-state index in [1.165, 1.54) is 12.1 Å². The average molecular weight is 310 g/mol. The van der Waals surface area contributed by atoms with E-state index >= 15 is 0 Å². The monoisotopic (exact) mass is 309 g/mol. The summed E-state index contributed by atoms with van der Waals surface area (Å²) < 4.78 is 27.5. The molecule has 0 saturated heterocycles. The Morgan fingerprint density at radius 1 is 0.950 bits per heavy atom. The highest BCUT2D eigenvalue weighted by Crippen LogP contribution is 2.23. The first kappa shape index (κ1) is 15.0. The Kier molecular flexibility index (Phi) is 4.18. The van der Waals surface area contributed by atoms with E-state index in [4.69, 9.17) is 11.6 Å². The van der Waals surface area contributed by atoms with Crippen molar-refractivity contribution < 1.29 is 8.42 Å². The van der Waals surface area contributed by atoms with Crippen LogP contribution in [0.2, 0.25) is 5.02 Å². The Balaban J connectivity index is 2.30. The minimum Gasteiger partial charge on any atom is -0.207 e. The van der Waals surface area contributed by atoms with Crippen molar-refractivity contribution in [2.45, 2.75) is 24.3 Å². The molecular weight excluding hydrogens is 294 g/mol. The van der Waals surface area contributed by atoms with Gasteiger partial charge in [0.15, 0.2) is 0 Å². The van der Waals surface area contributed by atoms with Crippen LogP contribution < -0.4 is 4.72 Å². The zero-order valence-electron chi connectivity index (χ0n) is 11.3. The molecule has 0 aromatic heterocycles. The van der Waals surface area contributed by atoms with E-state index in [0.29, 0.717) is 5.02 Å². The van der Waals surface area contributed by atoms with E-state index in [2.05, 4.69) is 4.72 Å². The standard InChI is InChI=1S/C15H16ClNO2S/c1-15(2,12-6-4-3-5-7-12)17-20(18,19)14-10-8-13(16)9-11-14/h3-11,17H,1-2H3. The number of benzene rings is 2. The van der Waals surface area contributed by atoms with Gasteiger partial charge in [-0.3, -0.25) is 0 Å². The third-order valence-corrected chi connectivity index (χ3v) is 4.93.